The second kappa shape index (κ2) is 6.84. The van der Waals surface area contributed by atoms with Crippen LogP contribution in [0.2, 0.25) is 0 Å². The predicted octanol–water partition coefficient (Wildman–Crippen LogP) is 0.181. The number of hydrazone groups is 1. The van der Waals surface area contributed by atoms with Crippen molar-refractivity contribution >= 4 is 23.7 Å². The Bertz CT molecular complexity index is 527. The minimum absolute atomic E-state index is 0.0843. The molecule has 0 spiro atoms. The van der Waals surface area contributed by atoms with Crippen molar-refractivity contribution in [3.05, 3.63) is 39.9 Å². The van der Waals surface area contributed by atoms with Crippen LogP contribution >= 0.6 is 0 Å². The molecule has 0 aromatic heterocycles. The first-order valence-electron chi connectivity index (χ1n) is 5.40. The van der Waals surface area contributed by atoms with Crippen LogP contribution in [0.5, 0.6) is 0 Å². The highest BCUT2D eigenvalue weighted by molar-refractivity contribution is 6.35. The lowest BCUT2D eigenvalue weighted by Gasteiger charge is -1.99. The van der Waals surface area contributed by atoms with Crippen molar-refractivity contribution in [1.82, 2.24) is 10.7 Å². The lowest BCUT2D eigenvalue weighted by Crippen LogP contribution is -2.37. The Morgan fingerprint density at radius 1 is 1.42 bits per heavy atom. The van der Waals surface area contributed by atoms with Crippen LogP contribution in [0, 0.1) is 10.1 Å². The van der Waals surface area contributed by atoms with Crippen LogP contribution in [0.3, 0.4) is 0 Å². The molecule has 2 amide bonds. The maximum Gasteiger partial charge on any atom is 0.329 e. The van der Waals surface area contributed by atoms with Gasteiger partial charge in [0.05, 0.1) is 11.1 Å². The molecular formula is C11H12N4O4. The summed E-state index contributed by atoms with van der Waals surface area (Å²) >= 11 is 0. The number of nitro benzene ring substituents is 1. The summed E-state index contributed by atoms with van der Waals surface area (Å²) in [4.78, 5) is 32.2. The number of rotatable bonds is 4. The van der Waals surface area contributed by atoms with Gasteiger partial charge in [-0.2, -0.15) is 5.10 Å². The van der Waals surface area contributed by atoms with Crippen LogP contribution in [0.15, 0.2) is 29.4 Å². The Balaban J connectivity index is 2.62. The Labute approximate surface area is 108 Å². The van der Waals surface area contributed by atoms with Gasteiger partial charge in [0.15, 0.2) is 0 Å². The number of amides is 2. The number of carbonyl (C=O) groups is 2. The Hall–Kier alpha value is -2.77. The van der Waals surface area contributed by atoms with E-state index < -0.39 is 16.7 Å². The largest absolute Gasteiger partial charge is 0.348 e. The second-order valence-electron chi connectivity index (χ2n) is 3.41. The maximum absolute atomic E-state index is 11.2. The fourth-order valence-corrected chi connectivity index (χ4v) is 1.18. The van der Waals surface area contributed by atoms with E-state index in [4.69, 9.17) is 0 Å². The van der Waals surface area contributed by atoms with E-state index in [0.29, 0.717) is 12.1 Å². The second-order valence-corrected chi connectivity index (χ2v) is 3.41. The van der Waals surface area contributed by atoms with Gasteiger partial charge in [-0.1, -0.05) is 12.1 Å². The molecule has 0 heterocycles. The standard InChI is InChI=1S/C11H12N4O4/c1-2-12-10(16)11(17)14-13-7-8-4-3-5-9(6-8)15(18)19/h3-7H,2H2,1H3,(H,12,16)(H,14,17)/b13-7-. The molecule has 0 bridgehead atoms. The summed E-state index contributed by atoms with van der Waals surface area (Å²) in [5, 5.41) is 16.4. The number of hydrogen-bond acceptors (Lipinski definition) is 5. The third-order valence-electron chi connectivity index (χ3n) is 2.00. The van der Waals surface area contributed by atoms with Crippen LogP contribution in [0.1, 0.15) is 12.5 Å². The number of nitrogens with zero attached hydrogens (tertiary/aromatic N) is 2. The van der Waals surface area contributed by atoms with Crippen molar-refractivity contribution in [2.75, 3.05) is 6.54 Å². The number of benzene rings is 1. The molecule has 1 rings (SSSR count). The summed E-state index contributed by atoms with van der Waals surface area (Å²) in [5.74, 6) is -1.69. The van der Waals surface area contributed by atoms with Crippen molar-refractivity contribution in [3.8, 4) is 0 Å². The minimum Gasteiger partial charge on any atom is -0.348 e. The van der Waals surface area contributed by atoms with Crippen molar-refractivity contribution in [2.45, 2.75) is 6.92 Å². The summed E-state index contributed by atoms with van der Waals surface area (Å²) in [6.07, 6.45) is 1.21. The highest BCUT2D eigenvalue weighted by Gasteiger charge is 2.10. The number of nitrogens with one attached hydrogen (secondary N) is 2. The fourth-order valence-electron chi connectivity index (χ4n) is 1.18. The molecule has 0 atom stereocenters. The summed E-state index contributed by atoms with van der Waals surface area (Å²) in [6, 6.07) is 5.70. The fraction of sp³-hybridized carbons (Fsp3) is 0.182. The van der Waals surface area contributed by atoms with Crippen LogP contribution < -0.4 is 10.7 Å². The quantitative estimate of drug-likeness (QED) is 0.349. The number of hydrogen-bond donors (Lipinski definition) is 2. The predicted molar refractivity (Wildman–Crippen MR) is 67.5 cm³/mol. The van der Waals surface area contributed by atoms with E-state index in [1.807, 2.05) is 5.43 Å². The van der Waals surface area contributed by atoms with Crippen molar-refractivity contribution in [1.29, 1.82) is 0 Å². The van der Waals surface area contributed by atoms with Gasteiger partial charge in [-0.05, 0) is 6.92 Å². The summed E-state index contributed by atoms with van der Waals surface area (Å²) in [6.45, 7) is 2.01. The van der Waals surface area contributed by atoms with Gasteiger partial charge >= 0.3 is 11.8 Å². The maximum atomic E-state index is 11.2. The smallest absolute Gasteiger partial charge is 0.329 e. The SMILES string of the molecule is CCNC(=O)C(=O)N/N=C\c1cccc([N+](=O)[O-])c1. The van der Waals surface area contributed by atoms with E-state index in [-0.39, 0.29) is 5.69 Å². The average molecular weight is 264 g/mol. The van der Waals surface area contributed by atoms with Gasteiger partial charge in [0.25, 0.3) is 5.69 Å². The number of nitro groups is 1. The summed E-state index contributed by atoms with van der Waals surface area (Å²) in [7, 11) is 0. The molecule has 8 heteroatoms. The van der Waals surface area contributed by atoms with Crippen molar-refractivity contribution in [3.63, 3.8) is 0 Å². The summed E-state index contributed by atoms with van der Waals surface area (Å²) < 4.78 is 0. The molecule has 0 aliphatic rings. The van der Waals surface area contributed by atoms with Crippen LogP contribution in [-0.4, -0.2) is 29.5 Å². The van der Waals surface area contributed by atoms with Gasteiger partial charge in [-0.3, -0.25) is 19.7 Å². The van der Waals surface area contributed by atoms with Crippen LogP contribution in [0.4, 0.5) is 5.69 Å². The minimum atomic E-state index is -0.900. The molecule has 0 saturated carbocycles. The zero-order chi connectivity index (χ0) is 14.3. The highest BCUT2D eigenvalue weighted by Crippen LogP contribution is 2.11. The Morgan fingerprint density at radius 3 is 2.79 bits per heavy atom. The molecule has 8 nitrogen and oxygen atoms in total. The van der Waals surface area contributed by atoms with E-state index in [1.54, 1.807) is 13.0 Å². The third-order valence-corrected chi connectivity index (χ3v) is 2.00. The molecule has 1 aromatic rings. The first-order valence-corrected chi connectivity index (χ1v) is 5.40. The van der Waals surface area contributed by atoms with Gasteiger partial charge < -0.3 is 5.32 Å². The third kappa shape index (κ3) is 4.54. The normalized spacial score (nSPS) is 10.2. The van der Waals surface area contributed by atoms with Gasteiger partial charge in [-0.15, -0.1) is 0 Å². The number of likely N-dealkylation sites (N-methyl/N-ethyl adjacent to an activating group) is 1. The molecule has 19 heavy (non-hydrogen) atoms. The highest BCUT2D eigenvalue weighted by atomic mass is 16.6. The zero-order valence-electron chi connectivity index (χ0n) is 10.1. The molecule has 0 aliphatic carbocycles. The molecular weight excluding hydrogens is 252 g/mol. The molecule has 0 unspecified atom stereocenters. The molecule has 2 N–H and O–H groups in total. The van der Waals surface area contributed by atoms with Crippen molar-refractivity contribution in [2.24, 2.45) is 5.10 Å². The average Bonchev–Trinajstić information content (AvgIpc) is 2.39. The van der Waals surface area contributed by atoms with Crippen LogP contribution in [-0.2, 0) is 9.59 Å². The molecule has 0 fully saturated rings. The lowest BCUT2D eigenvalue weighted by atomic mass is 10.2. The Morgan fingerprint density at radius 2 is 2.16 bits per heavy atom. The van der Waals surface area contributed by atoms with Gasteiger partial charge in [0.2, 0.25) is 0 Å². The van der Waals surface area contributed by atoms with E-state index in [9.17, 15) is 19.7 Å². The number of non-ortho nitro benzene ring substituents is 1. The monoisotopic (exact) mass is 264 g/mol. The molecule has 1 aromatic carbocycles. The number of carbonyl (C=O) groups excluding carboxylic acids is 2. The van der Waals surface area contributed by atoms with Crippen LogP contribution in [0.25, 0.3) is 0 Å². The zero-order valence-corrected chi connectivity index (χ0v) is 10.1. The summed E-state index contributed by atoms with van der Waals surface area (Å²) in [5.41, 5.74) is 2.36. The first-order chi connectivity index (χ1) is 9.04. The van der Waals surface area contributed by atoms with Crippen molar-refractivity contribution < 1.29 is 14.5 Å². The molecule has 0 saturated heterocycles. The van der Waals surface area contributed by atoms with E-state index >= 15 is 0 Å². The Kier molecular flexibility index (Phi) is 5.15. The van der Waals surface area contributed by atoms with Gasteiger partial charge in [0.1, 0.15) is 0 Å². The van der Waals surface area contributed by atoms with Gasteiger partial charge in [0, 0.05) is 24.2 Å². The first kappa shape index (κ1) is 14.3. The molecule has 0 radical (unpaired) electrons. The molecule has 100 valence electrons. The van der Waals surface area contributed by atoms with Gasteiger partial charge in [-0.25, -0.2) is 5.43 Å². The molecule has 0 aliphatic heterocycles. The topological polar surface area (TPSA) is 114 Å². The van der Waals surface area contributed by atoms with E-state index in [0.717, 1.165) is 0 Å². The van der Waals surface area contributed by atoms with E-state index in [1.165, 1.54) is 24.4 Å². The van der Waals surface area contributed by atoms with E-state index in [2.05, 4.69) is 10.4 Å². The lowest BCUT2D eigenvalue weighted by molar-refractivity contribution is -0.384.